The van der Waals surface area contributed by atoms with Crippen LogP contribution in [0.25, 0.3) is 0 Å². The molecule has 0 atom stereocenters. The molecule has 2 rings (SSSR count). The van der Waals surface area contributed by atoms with Gasteiger partial charge in [-0.3, -0.25) is 4.90 Å². The van der Waals surface area contributed by atoms with Crippen molar-refractivity contribution < 1.29 is 4.42 Å². The summed E-state index contributed by atoms with van der Waals surface area (Å²) >= 11 is 0. The molecule has 1 aliphatic carbocycles. The third-order valence-corrected chi connectivity index (χ3v) is 4.78. The first-order valence-corrected chi connectivity index (χ1v) is 7.84. The molecule has 1 aromatic heterocycles. The van der Waals surface area contributed by atoms with Crippen LogP contribution in [0.4, 0.5) is 0 Å². The van der Waals surface area contributed by atoms with Gasteiger partial charge < -0.3 is 9.73 Å². The first-order chi connectivity index (χ1) is 9.41. The molecule has 0 aromatic carbocycles. The molecule has 0 amide bonds. The van der Waals surface area contributed by atoms with Crippen LogP contribution < -0.4 is 5.32 Å². The predicted octanol–water partition coefficient (Wildman–Crippen LogP) is 3.71. The number of hydrogen-bond donors (Lipinski definition) is 1. The van der Waals surface area contributed by atoms with Crippen molar-refractivity contribution in [2.45, 2.75) is 65.6 Å². The fourth-order valence-electron chi connectivity index (χ4n) is 3.23. The van der Waals surface area contributed by atoms with Crippen molar-refractivity contribution in [3.05, 3.63) is 23.2 Å². The molecule has 0 bridgehead atoms. The third-order valence-electron chi connectivity index (χ3n) is 4.78. The van der Waals surface area contributed by atoms with Gasteiger partial charge in [0.1, 0.15) is 11.5 Å². The second-order valence-electron chi connectivity index (χ2n) is 7.13. The lowest BCUT2D eigenvalue weighted by Crippen LogP contribution is -2.36. The summed E-state index contributed by atoms with van der Waals surface area (Å²) in [5.74, 6) is 2.15. The molecule has 0 saturated heterocycles. The van der Waals surface area contributed by atoms with Crippen LogP contribution in [0.3, 0.4) is 0 Å². The van der Waals surface area contributed by atoms with Gasteiger partial charge in [-0.15, -0.1) is 0 Å². The maximum Gasteiger partial charge on any atom is 0.118 e. The van der Waals surface area contributed by atoms with Crippen LogP contribution in [-0.2, 0) is 13.1 Å². The van der Waals surface area contributed by atoms with Gasteiger partial charge in [-0.05, 0) is 58.2 Å². The quantitative estimate of drug-likeness (QED) is 0.890. The SMILES string of the molecule is CNCc1cc(CN(C)C2CCC(C)(C)CC2)oc1C. The standard InChI is InChI=1S/C17H30N2O/c1-13-14(11-18-4)10-16(20-13)12-19(5)15-6-8-17(2,3)9-7-15/h10,15,18H,6-9,11-12H2,1-5H3. The minimum Gasteiger partial charge on any atom is -0.465 e. The van der Waals surface area contributed by atoms with Gasteiger partial charge >= 0.3 is 0 Å². The van der Waals surface area contributed by atoms with Crippen LogP contribution in [0.1, 0.15) is 56.6 Å². The summed E-state index contributed by atoms with van der Waals surface area (Å²) in [6.07, 6.45) is 5.30. The van der Waals surface area contributed by atoms with E-state index in [1.54, 1.807) is 0 Å². The Morgan fingerprint density at radius 1 is 1.35 bits per heavy atom. The molecule has 3 heteroatoms. The number of aryl methyl sites for hydroxylation is 1. The van der Waals surface area contributed by atoms with Crippen molar-refractivity contribution in [1.82, 2.24) is 10.2 Å². The van der Waals surface area contributed by atoms with E-state index in [1.807, 2.05) is 7.05 Å². The van der Waals surface area contributed by atoms with Crippen LogP contribution in [-0.4, -0.2) is 25.0 Å². The molecule has 0 aliphatic heterocycles. The van der Waals surface area contributed by atoms with Crippen molar-refractivity contribution in [3.63, 3.8) is 0 Å². The average Bonchev–Trinajstić information content (AvgIpc) is 2.70. The van der Waals surface area contributed by atoms with E-state index in [-0.39, 0.29) is 0 Å². The fraction of sp³-hybridized carbons (Fsp3) is 0.765. The maximum atomic E-state index is 5.89. The van der Waals surface area contributed by atoms with E-state index in [0.717, 1.165) is 24.6 Å². The molecular formula is C17H30N2O. The van der Waals surface area contributed by atoms with E-state index in [9.17, 15) is 0 Å². The van der Waals surface area contributed by atoms with Gasteiger partial charge in [0.2, 0.25) is 0 Å². The zero-order chi connectivity index (χ0) is 14.8. The summed E-state index contributed by atoms with van der Waals surface area (Å²) in [6.45, 7) is 8.65. The number of nitrogens with one attached hydrogen (secondary N) is 1. The molecule has 1 aliphatic rings. The zero-order valence-corrected chi connectivity index (χ0v) is 13.8. The molecule has 114 valence electrons. The maximum absolute atomic E-state index is 5.89. The first-order valence-electron chi connectivity index (χ1n) is 7.84. The van der Waals surface area contributed by atoms with Crippen molar-refractivity contribution >= 4 is 0 Å². The topological polar surface area (TPSA) is 28.4 Å². The van der Waals surface area contributed by atoms with Crippen LogP contribution >= 0.6 is 0 Å². The van der Waals surface area contributed by atoms with E-state index in [1.165, 1.54) is 31.2 Å². The highest BCUT2D eigenvalue weighted by Crippen LogP contribution is 2.36. The smallest absolute Gasteiger partial charge is 0.118 e. The monoisotopic (exact) mass is 278 g/mol. The highest BCUT2D eigenvalue weighted by molar-refractivity contribution is 5.20. The van der Waals surface area contributed by atoms with Crippen molar-refractivity contribution in [1.29, 1.82) is 0 Å². The largest absolute Gasteiger partial charge is 0.465 e. The fourth-order valence-corrected chi connectivity index (χ4v) is 3.23. The number of hydrogen-bond acceptors (Lipinski definition) is 3. The normalized spacial score (nSPS) is 19.7. The Morgan fingerprint density at radius 2 is 2.00 bits per heavy atom. The lowest BCUT2D eigenvalue weighted by atomic mass is 9.75. The lowest BCUT2D eigenvalue weighted by molar-refractivity contribution is 0.117. The lowest BCUT2D eigenvalue weighted by Gasteiger charge is -2.38. The predicted molar refractivity (Wildman–Crippen MR) is 83.7 cm³/mol. The Balaban J connectivity index is 1.91. The molecule has 1 saturated carbocycles. The Bertz CT molecular complexity index is 426. The number of nitrogens with zero attached hydrogens (tertiary/aromatic N) is 1. The molecule has 20 heavy (non-hydrogen) atoms. The highest BCUT2D eigenvalue weighted by atomic mass is 16.3. The second-order valence-corrected chi connectivity index (χ2v) is 7.13. The number of furan rings is 1. The second kappa shape index (κ2) is 6.31. The van der Waals surface area contributed by atoms with Crippen molar-refractivity contribution in [2.24, 2.45) is 5.41 Å². The van der Waals surface area contributed by atoms with Gasteiger partial charge in [0, 0.05) is 18.2 Å². The molecule has 1 N–H and O–H groups in total. The Morgan fingerprint density at radius 3 is 2.60 bits per heavy atom. The molecule has 3 nitrogen and oxygen atoms in total. The molecule has 1 aromatic rings. The summed E-state index contributed by atoms with van der Waals surface area (Å²) in [7, 11) is 4.21. The Kier molecular flexibility index (Phi) is 4.92. The van der Waals surface area contributed by atoms with Gasteiger partial charge in [0.05, 0.1) is 6.54 Å². The van der Waals surface area contributed by atoms with Crippen LogP contribution in [0.5, 0.6) is 0 Å². The molecular weight excluding hydrogens is 248 g/mol. The molecule has 1 fully saturated rings. The summed E-state index contributed by atoms with van der Waals surface area (Å²) in [5.41, 5.74) is 1.82. The van der Waals surface area contributed by atoms with Crippen molar-refractivity contribution in [3.8, 4) is 0 Å². The van der Waals surface area contributed by atoms with E-state index in [4.69, 9.17) is 4.42 Å². The molecule has 0 radical (unpaired) electrons. The van der Waals surface area contributed by atoms with Crippen LogP contribution in [0, 0.1) is 12.3 Å². The van der Waals surface area contributed by atoms with Crippen LogP contribution in [0.2, 0.25) is 0 Å². The Hall–Kier alpha value is -0.800. The van der Waals surface area contributed by atoms with E-state index in [0.29, 0.717) is 11.5 Å². The van der Waals surface area contributed by atoms with Crippen molar-refractivity contribution in [2.75, 3.05) is 14.1 Å². The van der Waals surface area contributed by atoms with E-state index < -0.39 is 0 Å². The summed E-state index contributed by atoms with van der Waals surface area (Å²) in [6, 6.07) is 2.91. The van der Waals surface area contributed by atoms with Gasteiger partial charge in [0.25, 0.3) is 0 Å². The zero-order valence-electron chi connectivity index (χ0n) is 13.8. The summed E-state index contributed by atoms with van der Waals surface area (Å²) < 4.78 is 5.89. The number of rotatable bonds is 5. The Labute approximate surface area is 123 Å². The highest BCUT2D eigenvalue weighted by Gasteiger charge is 2.29. The minimum absolute atomic E-state index is 0.540. The van der Waals surface area contributed by atoms with E-state index >= 15 is 0 Å². The molecule has 1 heterocycles. The van der Waals surface area contributed by atoms with Gasteiger partial charge in [0.15, 0.2) is 0 Å². The average molecular weight is 278 g/mol. The van der Waals surface area contributed by atoms with Crippen LogP contribution in [0.15, 0.2) is 10.5 Å². The van der Waals surface area contributed by atoms with Gasteiger partial charge in [-0.2, -0.15) is 0 Å². The van der Waals surface area contributed by atoms with E-state index in [2.05, 4.69) is 44.1 Å². The molecule has 0 unspecified atom stereocenters. The van der Waals surface area contributed by atoms with Gasteiger partial charge in [-0.25, -0.2) is 0 Å². The summed E-state index contributed by atoms with van der Waals surface area (Å²) in [4.78, 5) is 2.47. The summed E-state index contributed by atoms with van der Waals surface area (Å²) in [5, 5.41) is 3.19. The minimum atomic E-state index is 0.540. The van der Waals surface area contributed by atoms with Gasteiger partial charge in [-0.1, -0.05) is 13.8 Å². The first kappa shape index (κ1) is 15.6. The molecule has 0 spiro atoms. The third kappa shape index (κ3) is 3.86.